The molecule has 1 aromatic carbocycles. The molecule has 18 heavy (non-hydrogen) atoms. The molecule has 0 aliphatic rings. The van der Waals surface area contributed by atoms with Gasteiger partial charge in [-0.05, 0) is 35.9 Å². The Balaban J connectivity index is 2.34. The molecule has 0 spiro atoms. The van der Waals surface area contributed by atoms with Crippen LogP contribution < -0.4 is 10.9 Å². The first-order valence-electron chi connectivity index (χ1n) is 5.07. The lowest BCUT2D eigenvalue weighted by atomic mass is 10.0. The van der Waals surface area contributed by atoms with E-state index < -0.39 is 5.97 Å². The van der Waals surface area contributed by atoms with Crippen molar-refractivity contribution < 1.29 is 9.90 Å². The summed E-state index contributed by atoms with van der Waals surface area (Å²) in [6.45, 7) is 0. The molecule has 2 aromatic rings. The number of benzene rings is 1. The lowest BCUT2D eigenvalue weighted by Crippen LogP contribution is -2.08. The summed E-state index contributed by atoms with van der Waals surface area (Å²) in [5, 5.41) is 12.4. The smallest absolute Gasteiger partial charge is 0.337 e. The highest BCUT2D eigenvalue weighted by Crippen LogP contribution is 2.23. The van der Waals surface area contributed by atoms with Gasteiger partial charge in [-0.15, -0.1) is 0 Å². The highest BCUT2D eigenvalue weighted by Gasteiger charge is 2.10. The van der Waals surface area contributed by atoms with Gasteiger partial charge in [0.05, 0.1) is 16.9 Å². The fourth-order valence-corrected chi connectivity index (χ4v) is 1.61. The largest absolute Gasteiger partial charge is 0.478 e. The summed E-state index contributed by atoms with van der Waals surface area (Å²) in [6, 6.07) is 7.93. The van der Waals surface area contributed by atoms with Crippen LogP contribution in [0.15, 0.2) is 36.5 Å². The van der Waals surface area contributed by atoms with E-state index >= 15 is 0 Å². The highest BCUT2D eigenvalue weighted by atomic mass is 35.5. The second kappa shape index (κ2) is 5.10. The molecule has 88 valence electrons. The van der Waals surface area contributed by atoms with Gasteiger partial charge in [-0.3, -0.25) is 4.98 Å². The van der Waals surface area contributed by atoms with Gasteiger partial charge >= 0.3 is 5.97 Å². The molecule has 0 unspecified atom stereocenters. The third kappa shape index (κ3) is 2.81. The molecule has 2 N–H and O–H groups in total. The molecule has 1 aromatic heterocycles. The fourth-order valence-electron chi connectivity index (χ4n) is 1.44. The van der Waals surface area contributed by atoms with E-state index in [-0.39, 0.29) is 5.56 Å². The van der Waals surface area contributed by atoms with Crippen molar-refractivity contribution in [1.82, 2.24) is 4.98 Å². The highest BCUT2D eigenvalue weighted by molar-refractivity contribution is 6.31. The summed E-state index contributed by atoms with van der Waals surface area (Å²) in [6.07, 6.45) is 1.52. The van der Waals surface area contributed by atoms with Crippen LogP contribution in [0.5, 0.6) is 0 Å². The first-order chi connectivity index (χ1) is 8.56. The molecular weight excluding hydrogens is 250 g/mol. The number of aromatic nitrogens is 1. The predicted octanol–water partition coefficient (Wildman–Crippen LogP) is 1.97. The minimum absolute atomic E-state index is 0.0966. The van der Waals surface area contributed by atoms with Crippen molar-refractivity contribution in [2.75, 3.05) is 5.32 Å². The maximum atomic E-state index is 11.1. The van der Waals surface area contributed by atoms with Crippen LogP contribution in [0.25, 0.3) is 0 Å². The van der Waals surface area contributed by atoms with Crippen molar-refractivity contribution in [3.05, 3.63) is 47.1 Å². The van der Waals surface area contributed by atoms with E-state index in [1.54, 1.807) is 24.3 Å². The Labute approximate surface area is 110 Å². The Bertz CT molecular complexity index is 587. The van der Waals surface area contributed by atoms with Crippen molar-refractivity contribution in [2.24, 2.45) is 0 Å². The van der Waals surface area contributed by atoms with Crippen molar-refractivity contribution >= 4 is 42.4 Å². The molecule has 0 atom stereocenters. The number of nitrogens with one attached hydrogen (secondary N) is 1. The average molecular weight is 258 g/mol. The molecule has 0 amide bonds. The summed E-state index contributed by atoms with van der Waals surface area (Å²) in [5.74, 6) is -1.05. The topological polar surface area (TPSA) is 62.2 Å². The summed E-state index contributed by atoms with van der Waals surface area (Å²) in [7, 11) is 5.47. The van der Waals surface area contributed by atoms with Crippen LogP contribution in [0.4, 0.5) is 11.4 Å². The zero-order valence-corrected chi connectivity index (χ0v) is 9.98. The molecule has 1 heterocycles. The molecule has 2 radical (unpaired) electrons. The Kier molecular flexibility index (Phi) is 3.53. The first kappa shape index (κ1) is 12.5. The van der Waals surface area contributed by atoms with E-state index in [0.717, 1.165) is 0 Å². The van der Waals surface area contributed by atoms with E-state index in [1.807, 2.05) is 0 Å². The maximum Gasteiger partial charge on any atom is 0.337 e. The van der Waals surface area contributed by atoms with Crippen LogP contribution in [0.3, 0.4) is 0 Å². The van der Waals surface area contributed by atoms with Crippen molar-refractivity contribution in [3.8, 4) is 0 Å². The van der Waals surface area contributed by atoms with Crippen molar-refractivity contribution in [3.63, 3.8) is 0 Å². The number of rotatable bonds is 3. The summed E-state index contributed by atoms with van der Waals surface area (Å²) < 4.78 is 0. The van der Waals surface area contributed by atoms with E-state index in [4.69, 9.17) is 24.6 Å². The Morgan fingerprint density at radius 3 is 2.72 bits per heavy atom. The number of aromatic carboxylic acids is 1. The van der Waals surface area contributed by atoms with Gasteiger partial charge in [0.15, 0.2) is 0 Å². The second-order valence-corrected chi connectivity index (χ2v) is 4.03. The molecule has 4 nitrogen and oxygen atoms in total. The summed E-state index contributed by atoms with van der Waals surface area (Å²) >= 11 is 5.76. The van der Waals surface area contributed by atoms with Gasteiger partial charge in [0.2, 0.25) is 0 Å². The lowest BCUT2D eigenvalue weighted by molar-refractivity contribution is 0.0698. The second-order valence-electron chi connectivity index (χ2n) is 3.59. The number of carbonyl (C=O) groups is 1. The molecule has 0 saturated carbocycles. The molecular formula is C12H8BClN2O2. The molecule has 6 heteroatoms. The Morgan fingerprint density at radius 2 is 2.11 bits per heavy atom. The van der Waals surface area contributed by atoms with Crippen molar-refractivity contribution in [2.45, 2.75) is 0 Å². The SMILES string of the molecule is [B]c1ccc(Nc2ccc(Cl)cc2C(=O)O)cn1. The standard InChI is InChI=1S/C12H8BClN2O2/c13-11-4-2-8(6-15-11)16-10-3-1-7(14)5-9(10)12(17)18/h1-6,16H,(H,17,18). The molecule has 0 aliphatic heterocycles. The zero-order valence-electron chi connectivity index (χ0n) is 9.22. The number of carboxylic acid groups (broad SMARTS) is 1. The van der Waals surface area contributed by atoms with Gasteiger partial charge in [0, 0.05) is 11.2 Å². The summed E-state index contributed by atoms with van der Waals surface area (Å²) in [5.41, 5.74) is 1.59. The number of hydrogen-bond donors (Lipinski definition) is 2. The van der Waals surface area contributed by atoms with Crippen LogP contribution in [0.1, 0.15) is 10.4 Å². The normalized spacial score (nSPS) is 10.1. The van der Waals surface area contributed by atoms with Gasteiger partial charge < -0.3 is 10.4 Å². The predicted molar refractivity (Wildman–Crippen MR) is 71.3 cm³/mol. The quantitative estimate of drug-likeness (QED) is 0.826. The molecule has 0 aliphatic carbocycles. The van der Waals surface area contributed by atoms with Crippen LogP contribution >= 0.6 is 11.6 Å². The van der Waals surface area contributed by atoms with E-state index in [1.165, 1.54) is 12.3 Å². The Hall–Kier alpha value is -2.01. The zero-order chi connectivity index (χ0) is 13.1. The summed E-state index contributed by atoms with van der Waals surface area (Å²) in [4.78, 5) is 15.0. The van der Waals surface area contributed by atoms with Gasteiger partial charge in [-0.25, -0.2) is 4.79 Å². The van der Waals surface area contributed by atoms with Gasteiger partial charge in [-0.2, -0.15) is 0 Å². The minimum Gasteiger partial charge on any atom is -0.478 e. The monoisotopic (exact) mass is 258 g/mol. The third-order valence-corrected chi connectivity index (χ3v) is 2.51. The number of pyridine rings is 1. The van der Waals surface area contributed by atoms with E-state index in [9.17, 15) is 4.79 Å². The van der Waals surface area contributed by atoms with Crippen LogP contribution in [-0.4, -0.2) is 23.9 Å². The first-order valence-corrected chi connectivity index (χ1v) is 5.45. The van der Waals surface area contributed by atoms with Gasteiger partial charge in [0.25, 0.3) is 0 Å². The van der Waals surface area contributed by atoms with Crippen molar-refractivity contribution in [1.29, 1.82) is 0 Å². The molecule has 0 fully saturated rings. The molecule has 0 saturated heterocycles. The minimum atomic E-state index is -1.05. The molecule has 0 bridgehead atoms. The van der Waals surface area contributed by atoms with E-state index in [2.05, 4.69) is 10.3 Å². The number of carboxylic acids is 1. The average Bonchev–Trinajstić information content (AvgIpc) is 2.34. The fraction of sp³-hybridized carbons (Fsp3) is 0. The maximum absolute atomic E-state index is 11.1. The Morgan fingerprint density at radius 1 is 1.33 bits per heavy atom. The molecule has 2 rings (SSSR count). The van der Waals surface area contributed by atoms with Crippen LogP contribution in [-0.2, 0) is 0 Å². The number of halogens is 1. The number of anilines is 2. The van der Waals surface area contributed by atoms with Gasteiger partial charge in [0.1, 0.15) is 7.85 Å². The number of hydrogen-bond acceptors (Lipinski definition) is 3. The van der Waals surface area contributed by atoms with Crippen LogP contribution in [0, 0.1) is 0 Å². The number of nitrogens with zero attached hydrogens (tertiary/aromatic N) is 1. The van der Waals surface area contributed by atoms with Crippen LogP contribution in [0.2, 0.25) is 5.02 Å². The van der Waals surface area contributed by atoms with Gasteiger partial charge in [-0.1, -0.05) is 11.6 Å². The third-order valence-electron chi connectivity index (χ3n) is 2.28. The lowest BCUT2D eigenvalue weighted by Gasteiger charge is -2.09. The van der Waals surface area contributed by atoms with E-state index in [0.29, 0.717) is 22.0 Å².